The van der Waals surface area contributed by atoms with Crippen LogP contribution in [0.2, 0.25) is 0 Å². The van der Waals surface area contributed by atoms with E-state index in [1.807, 2.05) is 24.3 Å². The Hall–Kier alpha value is -1.92. The predicted octanol–water partition coefficient (Wildman–Crippen LogP) is 0.561. The Kier molecular flexibility index (Phi) is 5.71. The van der Waals surface area contributed by atoms with E-state index in [4.69, 9.17) is 15.2 Å². The van der Waals surface area contributed by atoms with Gasteiger partial charge < -0.3 is 15.2 Å². The van der Waals surface area contributed by atoms with Crippen LogP contribution in [0.3, 0.4) is 0 Å². The molecule has 0 saturated carbocycles. The average molecular weight is 292 g/mol. The molecule has 1 aliphatic rings. The van der Waals surface area contributed by atoms with Gasteiger partial charge in [0.2, 0.25) is 11.8 Å². The maximum absolute atomic E-state index is 11.8. The lowest BCUT2D eigenvalue weighted by molar-refractivity contribution is -0.134. The van der Waals surface area contributed by atoms with Crippen molar-refractivity contribution >= 4 is 11.8 Å². The highest BCUT2D eigenvalue weighted by atomic mass is 16.5. The Bertz CT molecular complexity index is 504. The zero-order chi connectivity index (χ0) is 15.1. The van der Waals surface area contributed by atoms with Crippen LogP contribution in [0.5, 0.6) is 5.75 Å². The van der Waals surface area contributed by atoms with Gasteiger partial charge in [-0.25, -0.2) is 0 Å². The second-order valence-electron chi connectivity index (χ2n) is 4.83. The summed E-state index contributed by atoms with van der Waals surface area (Å²) in [7, 11) is 0. The van der Waals surface area contributed by atoms with E-state index in [1.54, 1.807) is 0 Å². The van der Waals surface area contributed by atoms with Gasteiger partial charge in [0.25, 0.3) is 0 Å². The number of nitrogens with one attached hydrogen (secondary N) is 1. The van der Waals surface area contributed by atoms with Crippen LogP contribution in [0.4, 0.5) is 0 Å². The molecule has 1 saturated heterocycles. The lowest BCUT2D eigenvalue weighted by atomic mass is 9.90. The van der Waals surface area contributed by atoms with E-state index in [9.17, 15) is 9.59 Å². The van der Waals surface area contributed by atoms with Gasteiger partial charge in [-0.2, -0.15) is 0 Å². The van der Waals surface area contributed by atoms with E-state index in [1.165, 1.54) is 0 Å². The number of hydrogen-bond donors (Lipinski definition) is 2. The van der Waals surface area contributed by atoms with E-state index in [0.717, 1.165) is 5.56 Å². The van der Waals surface area contributed by atoms with E-state index in [-0.39, 0.29) is 17.7 Å². The summed E-state index contributed by atoms with van der Waals surface area (Å²) in [6.07, 6.45) is 0.905. The Morgan fingerprint density at radius 1 is 1.24 bits per heavy atom. The van der Waals surface area contributed by atoms with Crippen molar-refractivity contribution in [2.45, 2.75) is 18.8 Å². The van der Waals surface area contributed by atoms with Gasteiger partial charge in [0.05, 0.1) is 19.1 Å². The Morgan fingerprint density at radius 3 is 2.86 bits per heavy atom. The first-order valence-electron chi connectivity index (χ1n) is 7.05. The number of carbonyl (C=O) groups excluding carboxylic acids is 2. The molecule has 1 fully saturated rings. The maximum atomic E-state index is 11.8. The van der Waals surface area contributed by atoms with Crippen molar-refractivity contribution in [2.24, 2.45) is 5.73 Å². The van der Waals surface area contributed by atoms with Crippen molar-refractivity contribution in [1.82, 2.24) is 5.32 Å². The molecule has 114 valence electrons. The topological polar surface area (TPSA) is 90.7 Å². The number of nitrogens with two attached hydrogens (primary N) is 1. The van der Waals surface area contributed by atoms with Crippen LogP contribution in [0.25, 0.3) is 0 Å². The third-order valence-corrected chi connectivity index (χ3v) is 3.26. The number of piperidine rings is 1. The van der Waals surface area contributed by atoms with Crippen LogP contribution in [0.15, 0.2) is 24.3 Å². The van der Waals surface area contributed by atoms with Crippen LogP contribution in [-0.2, 0) is 14.3 Å². The molecule has 0 bridgehead atoms. The molecular formula is C15H20N2O4. The fraction of sp³-hybridized carbons (Fsp3) is 0.467. The van der Waals surface area contributed by atoms with Crippen molar-refractivity contribution in [3.63, 3.8) is 0 Å². The number of ether oxygens (including phenoxy) is 2. The molecule has 3 N–H and O–H groups in total. The second-order valence-corrected chi connectivity index (χ2v) is 4.83. The molecule has 1 aromatic rings. The first-order valence-corrected chi connectivity index (χ1v) is 7.05. The van der Waals surface area contributed by atoms with Gasteiger partial charge in [0, 0.05) is 13.0 Å². The van der Waals surface area contributed by atoms with Crippen LogP contribution < -0.4 is 15.8 Å². The largest absolute Gasteiger partial charge is 0.491 e. The smallest absolute Gasteiger partial charge is 0.234 e. The predicted molar refractivity (Wildman–Crippen MR) is 76.9 cm³/mol. The summed E-state index contributed by atoms with van der Waals surface area (Å²) in [6.45, 7) is 1.91. The van der Waals surface area contributed by atoms with E-state index >= 15 is 0 Å². The molecule has 1 unspecified atom stereocenters. The molecule has 21 heavy (non-hydrogen) atoms. The monoisotopic (exact) mass is 292 g/mol. The second kappa shape index (κ2) is 7.75. The fourth-order valence-electron chi connectivity index (χ4n) is 2.24. The highest BCUT2D eigenvalue weighted by molar-refractivity contribution is 6.00. The molecule has 6 heteroatoms. The third-order valence-electron chi connectivity index (χ3n) is 3.26. The molecule has 2 amide bonds. The summed E-state index contributed by atoms with van der Waals surface area (Å²) in [6, 6.07) is 7.38. The van der Waals surface area contributed by atoms with Gasteiger partial charge in [0.1, 0.15) is 12.4 Å². The lowest BCUT2D eigenvalue weighted by Crippen LogP contribution is -2.39. The van der Waals surface area contributed by atoms with Gasteiger partial charge in [0.15, 0.2) is 0 Å². The summed E-state index contributed by atoms with van der Waals surface area (Å²) in [5.74, 6) is -0.0522. The van der Waals surface area contributed by atoms with Crippen LogP contribution in [0.1, 0.15) is 24.3 Å². The number of carbonyl (C=O) groups is 2. The first kappa shape index (κ1) is 15.5. The molecule has 6 nitrogen and oxygen atoms in total. The van der Waals surface area contributed by atoms with Crippen molar-refractivity contribution in [3.05, 3.63) is 29.8 Å². The SMILES string of the molecule is NCCOCCOc1cccc(C2CCC(=O)NC2=O)c1. The van der Waals surface area contributed by atoms with Crippen LogP contribution in [0, 0.1) is 0 Å². The van der Waals surface area contributed by atoms with Gasteiger partial charge in [-0.15, -0.1) is 0 Å². The molecule has 0 radical (unpaired) electrons. The summed E-state index contributed by atoms with van der Waals surface area (Å²) in [5.41, 5.74) is 6.18. The van der Waals surface area contributed by atoms with Gasteiger partial charge in [-0.1, -0.05) is 12.1 Å². The quantitative estimate of drug-likeness (QED) is 0.566. The van der Waals surface area contributed by atoms with Crippen LogP contribution >= 0.6 is 0 Å². The highest BCUT2D eigenvalue weighted by Gasteiger charge is 2.27. The number of hydrogen-bond acceptors (Lipinski definition) is 5. The lowest BCUT2D eigenvalue weighted by Gasteiger charge is -2.21. The van der Waals surface area contributed by atoms with E-state index in [2.05, 4.69) is 5.32 Å². The van der Waals surface area contributed by atoms with Crippen LogP contribution in [-0.4, -0.2) is 38.2 Å². The van der Waals surface area contributed by atoms with Crippen molar-refractivity contribution in [3.8, 4) is 5.75 Å². The molecule has 0 aromatic heterocycles. The standard InChI is InChI=1S/C15H20N2O4/c16-6-7-20-8-9-21-12-3-1-2-11(10-12)13-4-5-14(18)17-15(13)19/h1-3,10,13H,4-9,16H2,(H,17,18,19). The summed E-state index contributed by atoms with van der Waals surface area (Å²) < 4.78 is 10.8. The van der Waals surface area contributed by atoms with Gasteiger partial charge in [-0.3, -0.25) is 14.9 Å². The molecule has 2 rings (SSSR count). The Labute approximate surface area is 123 Å². The summed E-state index contributed by atoms with van der Waals surface area (Å²) >= 11 is 0. The van der Waals surface area contributed by atoms with Gasteiger partial charge >= 0.3 is 0 Å². The molecule has 1 heterocycles. The molecular weight excluding hydrogens is 272 g/mol. The van der Waals surface area contributed by atoms with Crippen molar-refractivity contribution < 1.29 is 19.1 Å². The number of imide groups is 1. The zero-order valence-electron chi connectivity index (χ0n) is 11.8. The van der Waals surface area contributed by atoms with Gasteiger partial charge in [-0.05, 0) is 24.1 Å². The number of rotatable bonds is 7. The minimum absolute atomic E-state index is 0.208. The molecule has 1 aliphatic heterocycles. The average Bonchev–Trinajstić information content (AvgIpc) is 2.47. The minimum atomic E-state index is -0.292. The zero-order valence-corrected chi connectivity index (χ0v) is 11.8. The number of amides is 2. The number of benzene rings is 1. The normalized spacial score (nSPS) is 18.4. The molecule has 0 aliphatic carbocycles. The van der Waals surface area contributed by atoms with Crippen molar-refractivity contribution in [2.75, 3.05) is 26.4 Å². The molecule has 0 spiro atoms. The summed E-state index contributed by atoms with van der Waals surface area (Å²) in [5, 5.41) is 2.36. The first-order chi connectivity index (χ1) is 10.2. The fourth-order valence-corrected chi connectivity index (χ4v) is 2.24. The molecule has 1 aromatic carbocycles. The summed E-state index contributed by atoms with van der Waals surface area (Å²) in [4.78, 5) is 23.0. The highest BCUT2D eigenvalue weighted by Crippen LogP contribution is 2.27. The minimum Gasteiger partial charge on any atom is -0.491 e. The van der Waals surface area contributed by atoms with E-state index < -0.39 is 0 Å². The van der Waals surface area contributed by atoms with Crippen molar-refractivity contribution in [1.29, 1.82) is 0 Å². The third kappa shape index (κ3) is 4.54. The Morgan fingerprint density at radius 2 is 2.10 bits per heavy atom. The maximum Gasteiger partial charge on any atom is 0.234 e. The Balaban J connectivity index is 1.91. The molecule has 1 atom stereocenters. The van der Waals surface area contributed by atoms with E-state index in [0.29, 0.717) is 45.0 Å².